The summed E-state index contributed by atoms with van der Waals surface area (Å²) in [6.07, 6.45) is 1.70. The summed E-state index contributed by atoms with van der Waals surface area (Å²) in [5.74, 6) is -2.05. The molecule has 0 aromatic heterocycles. The van der Waals surface area contributed by atoms with Crippen LogP contribution in [0.1, 0.15) is 0 Å². The zero-order valence-electron chi connectivity index (χ0n) is 9.04. The molecule has 8 heteroatoms. The maximum absolute atomic E-state index is 9.96. The molecule has 0 aromatic rings. The summed E-state index contributed by atoms with van der Waals surface area (Å²) in [5, 5.41) is 32.4. The van der Waals surface area contributed by atoms with Crippen LogP contribution in [-0.4, -0.2) is 64.4 Å². The van der Waals surface area contributed by atoms with Crippen molar-refractivity contribution in [2.24, 2.45) is 0 Å². The van der Waals surface area contributed by atoms with Gasteiger partial charge in [0.2, 0.25) is 0 Å². The van der Waals surface area contributed by atoms with E-state index in [1.165, 1.54) is 18.0 Å². The summed E-state index contributed by atoms with van der Waals surface area (Å²) in [7, 11) is 0.213. The van der Waals surface area contributed by atoms with Crippen molar-refractivity contribution in [3.63, 3.8) is 0 Å². The summed E-state index contributed by atoms with van der Waals surface area (Å²) < 4.78 is 0. The number of carboxylic acid groups (broad SMARTS) is 2. The molecule has 0 radical (unpaired) electrons. The topological polar surface area (TPSA) is 118 Å². The lowest BCUT2D eigenvalue weighted by Gasteiger charge is -2.08. The first-order valence-electron chi connectivity index (χ1n) is 4.38. The molecule has 0 saturated heterocycles. The molecule has 0 unspecified atom stereocenters. The van der Waals surface area contributed by atoms with Gasteiger partial charge in [-0.25, -0.2) is 0 Å². The van der Waals surface area contributed by atoms with Crippen LogP contribution >= 0.6 is 0 Å². The molecular formula is C8H16BNO6. The van der Waals surface area contributed by atoms with E-state index in [0.717, 1.165) is 0 Å². The number of hydrogen-bond acceptors (Lipinski definition) is 5. The van der Waals surface area contributed by atoms with Crippen LogP contribution in [0.2, 0.25) is 6.32 Å². The molecule has 0 bridgehead atoms. The highest BCUT2D eigenvalue weighted by Gasteiger charge is 2.06. The van der Waals surface area contributed by atoms with Crippen LogP contribution in [0.5, 0.6) is 0 Å². The lowest BCUT2D eigenvalue weighted by atomic mass is 9.87. The number of allylic oxidation sites excluding steroid dienone is 1. The lowest BCUT2D eigenvalue weighted by molar-refractivity contribution is -0.141. The van der Waals surface area contributed by atoms with Crippen LogP contribution in [0.25, 0.3) is 0 Å². The summed E-state index contributed by atoms with van der Waals surface area (Å²) in [4.78, 5) is 21.1. The van der Waals surface area contributed by atoms with Crippen molar-refractivity contribution in [3.8, 4) is 0 Å². The van der Waals surface area contributed by atoms with Gasteiger partial charge in [-0.05, 0) is 13.4 Å². The lowest BCUT2D eigenvalue weighted by Crippen LogP contribution is -2.30. The molecule has 0 heterocycles. The zero-order chi connectivity index (χ0) is 13.1. The number of aliphatic carboxylic acids is 2. The van der Waals surface area contributed by atoms with Gasteiger partial charge in [0.15, 0.2) is 0 Å². The van der Waals surface area contributed by atoms with E-state index >= 15 is 0 Å². The number of nitrogens with zero attached hydrogens (tertiary/aromatic N) is 1. The third kappa shape index (κ3) is 18.4. The van der Waals surface area contributed by atoms with E-state index < -0.39 is 19.1 Å². The van der Waals surface area contributed by atoms with Crippen molar-refractivity contribution in [2.75, 3.05) is 20.1 Å². The maximum Gasteiger partial charge on any atom is 0.455 e. The molecule has 7 nitrogen and oxygen atoms in total. The number of likely N-dealkylation sites (N-methyl/N-ethyl adjacent to an activating group) is 1. The SMILES string of the molecule is C=CCB(O)O.CN(CC(=O)O)CC(=O)O. The van der Waals surface area contributed by atoms with Gasteiger partial charge in [-0.2, -0.15) is 0 Å². The van der Waals surface area contributed by atoms with Gasteiger partial charge in [0.1, 0.15) is 0 Å². The van der Waals surface area contributed by atoms with Gasteiger partial charge < -0.3 is 20.3 Å². The van der Waals surface area contributed by atoms with Crippen LogP contribution in [-0.2, 0) is 9.59 Å². The van der Waals surface area contributed by atoms with Crippen LogP contribution in [0.15, 0.2) is 12.7 Å². The van der Waals surface area contributed by atoms with Crippen molar-refractivity contribution in [2.45, 2.75) is 6.32 Å². The zero-order valence-corrected chi connectivity index (χ0v) is 9.04. The summed E-state index contributed by atoms with van der Waals surface area (Å²) in [6, 6.07) is 0. The van der Waals surface area contributed by atoms with Crippen LogP contribution < -0.4 is 0 Å². The summed E-state index contributed by atoms with van der Waals surface area (Å²) >= 11 is 0. The minimum Gasteiger partial charge on any atom is -0.480 e. The van der Waals surface area contributed by atoms with Crippen molar-refractivity contribution < 1.29 is 29.9 Å². The predicted molar refractivity (Wildman–Crippen MR) is 58.0 cm³/mol. The Balaban J connectivity index is 0. The Kier molecular flexibility index (Phi) is 10.8. The van der Waals surface area contributed by atoms with Crippen LogP contribution in [0, 0.1) is 0 Å². The van der Waals surface area contributed by atoms with E-state index in [9.17, 15) is 9.59 Å². The van der Waals surface area contributed by atoms with Gasteiger partial charge in [-0.3, -0.25) is 14.5 Å². The minimum atomic E-state index is -1.22. The molecule has 92 valence electrons. The van der Waals surface area contributed by atoms with E-state index in [4.69, 9.17) is 20.3 Å². The minimum absolute atomic E-state index is 0.244. The van der Waals surface area contributed by atoms with Crippen LogP contribution in [0.3, 0.4) is 0 Å². The average molecular weight is 233 g/mol. The Hall–Kier alpha value is -1.38. The van der Waals surface area contributed by atoms with Crippen molar-refractivity contribution >= 4 is 19.1 Å². The molecule has 0 atom stereocenters. The molecule has 0 aromatic carbocycles. The second-order valence-electron chi connectivity index (χ2n) is 2.96. The second-order valence-corrected chi connectivity index (χ2v) is 2.96. The van der Waals surface area contributed by atoms with E-state index in [2.05, 4.69) is 6.58 Å². The molecule has 0 aliphatic carbocycles. The molecule has 16 heavy (non-hydrogen) atoms. The van der Waals surface area contributed by atoms with Gasteiger partial charge in [0.25, 0.3) is 0 Å². The van der Waals surface area contributed by atoms with E-state index in [-0.39, 0.29) is 19.4 Å². The van der Waals surface area contributed by atoms with Crippen molar-refractivity contribution in [3.05, 3.63) is 12.7 Å². The third-order valence-corrected chi connectivity index (χ3v) is 1.19. The Morgan fingerprint density at radius 1 is 1.25 bits per heavy atom. The average Bonchev–Trinajstić information content (AvgIpc) is 2.00. The van der Waals surface area contributed by atoms with E-state index in [1.807, 2.05) is 0 Å². The molecule has 0 aliphatic rings. The first-order chi connectivity index (χ1) is 7.29. The Labute approximate surface area is 93.8 Å². The van der Waals surface area contributed by atoms with Gasteiger partial charge in [0, 0.05) is 0 Å². The molecule has 0 amide bonds. The summed E-state index contributed by atoms with van der Waals surface area (Å²) in [6.45, 7) is 2.79. The largest absolute Gasteiger partial charge is 0.480 e. The number of hydrogen-bond donors (Lipinski definition) is 4. The normalized spacial score (nSPS) is 9.00. The fraction of sp³-hybridized carbons (Fsp3) is 0.500. The highest BCUT2D eigenvalue weighted by atomic mass is 16.4. The molecule has 0 saturated carbocycles. The van der Waals surface area contributed by atoms with Gasteiger partial charge >= 0.3 is 19.1 Å². The molecule has 0 rings (SSSR count). The Bertz CT molecular complexity index is 217. The Morgan fingerprint density at radius 2 is 1.62 bits per heavy atom. The van der Waals surface area contributed by atoms with Crippen LogP contribution in [0.4, 0.5) is 0 Å². The summed E-state index contributed by atoms with van der Waals surface area (Å²) in [5.41, 5.74) is 0. The van der Waals surface area contributed by atoms with Crippen molar-refractivity contribution in [1.29, 1.82) is 0 Å². The van der Waals surface area contributed by atoms with Gasteiger partial charge in [-0.1, -0.05) is 6.08 Å². The molecular weight excluding hydrogens is 217 g/mol. The number of carboxylic acids is 2. The molecule has 0 aliphatic heterocycles. The molecule has 0 spiro atoms. The fourth-order valence-electron chi connectivity index (χ4n) is 0.667. The second kappa shape index (κ2) is 10.2. The first kappa shape index (κ1) is 17.0. The standard InChI is InChI=1S/C5H9NO4.C3H7BO2/c1-6(2-4(7)8)3-5(9)10;1-2-3-4(5)6/h2-3H2,1H3,(H,7,8)(H,9,10);2,5-6H,1,3H2. The predicted octanol–water partition coefficient (Wildman–Crippen LogP) is -1.27. The van der Waals surface area contributed by atoms with Gasteiger partial charge in [0.05, 0.1) is 13.1 Å². The molecule has 4 N–H and O–H groups in total. The van der Waals surface area contributed by atoms with Gasteiger partial charge in [-0.15, -0.1) is 6.58 Å². The smallest absolute Gasteiger partial charge is 0.455 e. The van der Waals surface area contributed by atoms with E-state index in [1.54, 1.807) is 0 Å². The Morgan fingerprint density at radius 3 is 1.75 bits per heavy atom. The number of carbonyl (C=O) groups is 2. The fourth-order valence-corrected chi connectivity index (χ4v) is 0.667. The highest BCUT2D eigenvalue weighted by Crippen LogP contribution is 1.80. The number of rotatable bonds is 6. The maximum atomic E-state index is 9.96. The first-order valence-corrected chi connectivity index (χ1v) is 4.38. The molecule has 0 fully saturated rings. The monoisotopic (exact) mass is 233 g/mol. The van der Waals surface area contributed by atoms with E-state index in [0.29, 0.717) is 0 Å². The highest BCUT2D eigenvalue weighted by molar-refractivity contribution is 6.41. The quantitative estimate of drug-likeness (QED) is 0.333. The van der Waals surface area contributed by atoms with Crippen molar-refractivity contribution in [1.82, 2.24) is 4.90 Å². The third-order valence-electron chi connectivity index (χ3n) is 1.19.